The average Bonchev–Trinajstić information content (AvgIpc) is 2.99. The van der Waals surface area contributed by atoms with Crippen LogP contribution in [0.5, 0.6) is 0 Å². The van der Waals surface area contributed by atoms with Gasteiger partial charge in [0.15, 0.2) is 5.69 Å². The minimum Gasteiger partial charge on any atom is -0.369 e. The minimum atomic E-state index is -0.154. The molecule has 0 bridgehead atoms. The SMILES string of the molecule is CCNc1ccc(C(=O)NCC(C)CN2CCCC2)nn1. The number of nitrogens with zero attached hydrogens (tertiary/aromatic N) is 3. The third kappa shape index (κ3) is 4.97. The lowest BCUT2D eigenvalue weighted by atomic mass is 10.1. The molecule has 1 aliphatic heterocycles. The molecular formula is C15H25N5O. The first-order chi connectivity index (χ1) is 10.2. The molecule has 1 fully saturated rings. The van der Waals surface area contributed by atoms with E-state index in [0.29, 0.717) is 24.0 Å². The fourth-order valence-corrected chi connectivity index (χ4v) is 2.56. The zero-order valence-electron chi connectivity index (χ0n) is 12.9. The van der Waals surface area contributed by atoms with E-state index >= 15 is 0 Å². The molecule has 0 saturated carbocycles. The lowest BCUT2D eigenvalue weighted by Gasteiger charge is -2.20. The molecule has 0 spiro atoms. The van der Waals surface area contributed by atoms with Gasteiger partial charge >= 0.3 is 0 Å². The van der Waals surface area contributed by atoms with Crippen LogP contribution in [0.15, 0.2) is 12.1 Å². The number of aromatic nitrogens is 2. The van der Waals surface area contributed by atoms with E-state index in [1.807, 2.05) is 6.92 Å². The van der Waals surface area contributed by atoms with Crippen LogP contribution in [0.2, 0.25) is 0 Å². The van der Waals surface area contributed by atoms with Gasteiger partial charge in [0, 0.05) is 19.6 Å². The van der Waals surface area contributed by atoms with Crippen molar-refractivity contribution >= 4 is 11.7 Å². The smallest absolute Gasteiger partial charge is 0.271 e. The fraction of sp³-hybridized carbons (Fsp3) is 0.667. The first-order valence-electron chi connectivity index (χ1n) is 7.77. The van der Waals surface area contributed by atoms with Crippen LogP contribution in [-0.2, 0) is 0 Å². The summed E-state index contributed by atoms with van der Waals surface area (Å²) < 4.78 is 0. The summed E-state index contributed by atoms with van der Waals surface area (Å²) in [5, 5.41) is 13.9. The standard InChI is InChI=1S/C15H25N5O/c1-3-16-14-7-6-13(18-19-14)15(21)17-10-12(2)11-20-8-4-5-9-20/h6-7,12H,3-5,8-11H2,1-2H3,(H,16,19)(H,17,21). The molecule has 21 heavy (non-hydrogen) atoms. The highest BCUT2D eigenvalue weighted by Crippen LogP contribution is 2.10. The van der Waals surface area contributed by atoms with E-state index in [-0.39, 0.29) is 5.91 Å². The van der Waals surface area contributed by atoms with Gasteiger partial charge in [-0.05, 0) is 50.9 Å². The molecule has 1 aromatic rings. The molecule has 2 heterocycles. The number of nitrogens with one attached hydrogen (secondary N) is 2. The lowest BCUT2D eigenvalue weighted by Crippen LogP contribution is -2.34. The van der Waals surface area contributed by atoms with Crippen molar-refractivity contribution in [1.82, 2.24) is 20.4 Å². The van der Waals surface area contributed by atoms with Crippen LogP contribution in [0.4, 0.5) is 5.82 Å². The number of hydrogen-bond donors (Lipinski definition) is 2. The molecule has 6 heteroatoms. The van der Waals surface area contributed by atoms with Gasteiger partial charge in [-0.1, -0.05) is 6.92 Å². The van der Waals surface area contributed by atoms with Gasteiger partial charge in [0.1, 0.15) is 5.82 Å². The van der Waals surface area contributed by atoms with Gasteiger partial charge in [0.25, 0.3) is 5.91 Å². The minimum absolute atomic E-state index is 0.154. The highest BCUT2D eigenvalue weighted by molar-refractivity contribution is 5.92. The van der Waals surface area contributed by atoms with E-state index in [0.717, 1.165) is 13.1 Å². The Bertz CT molecular complexity index is 442. The molecule has 1 saturated heterocycles. The Morgan fingerprint density at radius 2 is 2.10 bits per heavy atom. The molecule has 1 atom stereocenters. The third-order valence-corrected chi connectivity index (χ3v) is 3.63. The molecule has 6 nitrogen and oxygen atoms in total. The molecule has 116 valence electrons. The summed E-state index contributed by atoms with van der Waals surface area (Å²) in [7, 11) is 0. The van der Waals surface area contributed by atoms with Gasteiger partial charge in [0.2, 0.25) is 0 Å². The lowest BCUT2D eigenvalue weighted by molar-refractivity contribution is 0.0939. The van der Waals surface area contributed by atoms with Gasteiger partial charge in [-0.2, -0.15) is 0 Å². The zero-order chi connectivity index (χ0) is 15.1. The normalized spacial score (nSPS) is 16.7. The van der Waals surface area contributed by atoms with Gasteiger partial charge in [-0.3, -0.25) is 4.79 Å². The van der Waals surface area contributed by atoms with Crippen LogP contribution in [0.25, 0.3) is 0 Å². The number of rotatable bonds is 7. The Labute approximate surface area is 126 Å². The zero-order valence-corrected chi connectivity index (χ0v) is 12.9. The number of amides is 1. The van der Waals surface area contributed by atoms with Crippen molar-refractivity contribution in [3.8, 4) is 0 Å². The summed E-state index contributed by atoms with van der Waals surface area (Å²) >= 11 is 0. The summed E-state index contributed by atoms with van der Waals surface area (Å²) in [5.74, 6) is 0.983. The number of carbonyl (C=O) groups is 1. The summed E-state index contributed by atoms with van der Waals surface area (Å²) in [6.45, 7) is 9.04. The predicted octanol–water partition coefficient (Wildman–Crippen LogP) is 1.37. The summed E-state index contributed by atoms with van der Waals surface area (Å²) in [6.07, 6.45) is 2.60. The van der Waals surface area contributed by atoms with E-state index in [2.05, 4.69) is 32.7 Å². The van der Waals surface area contributed by atoms with Gasteiger partial charge < -0.3 is 15.5 Å². The molecule has 0 aromatic carbocycles. The van der Waals surface area contributed by atoms with E-state index in [9.17, 15) is 4.79 Å². The van der Waals surface area contributed by atoms with E-state index in [1.165, 1.54) is 25.9 Å². The highest BCUT2D eigenvalue weighted by Gasteiger charge is 2.15. The van der Waals surface area contributed by atoms with E-state index in [1.54, 1.807) is 12.1 Å². The summed E-state index contributed by atoms with van der Waals surface area (Å²) in [6, 6.07) is 3.48. The Balaban J connectivity index is 1.75. The highest BCUT2D eigenvalue weighted by atomic mass is 16.1. The first kappa shape index (κ1) is 15.7. The Kier molecular flexibility index (Phi) is 5.92. The molecule has 2 N–H and O–H groups in total. The summed E-state index contributed by atoms with van der Waals surface area (Å²) in [4.78, 5) is 14.5. The van der Waals surface area contributed by atoms with Gasteiger partial charge in [-0.25, -0.2) is 0 Å². The maximum atomic E-state index is 12.0. The van der Waals surface area contributed by atoms with Crippen LogP contribution < -0.4 is 10.6 Å². The van der Waals surface area contributed by atoms with Crippen molar-refractivity contribution in [1.29, 1.82) is 0 Å². The molecule has 1 aliphatic rings. The average molecular weight is 291 g/mol. The van der Waals surface area contributed by atoms with Gasteiger partial charge in [0.05, 0.1) is 0 Å². The van der Waals surface area contributed by atoms with Crippen LogP contribution in [0, 0.1) is 5.92 Å². The monoisotopic (exact) mass is 291 g/mol. The molecule has 2 rings (SSSR count). The Morgan fingerprint density at radius 1 is 1.33 bits per heavy atom. The molecule has 1 aromatic heterocycles. The fourth-order valence-electron chi connectivity index (χ4n) is 2.56. The molecule has 0 aliphatic carbocycles. The molecule has 0 radical (unpaired) electrons. The number of hydrogen-bond acceptors (Lipinski definition) is 5. The van der Waals surface area contributed by atoms with Crippen molar-refractivity contribution in [2.45, 2.75) is 26.7 Å². The maximum absolute atomic E-state index is 12.0. The maximum Gasteiger partial charge on any atom is 0.271 e. The van der Waals surface area contributed by atoms with Crippen LogP contribution in [0.1, 0.15) is 37.2 Å². The van der Waals surface area contributed by atoms with E-state index in [4.69, 9.17) is 0 Å². The molecule has 1 unspecified atom stereocenters. The van der Waals surface area contributed by atoms with Gasteiger partial charge in [-0.15, -0.1) is 10.2 Å². The second kappa shape index (κ2) is 7.93. The second-order valence-corrected chi connectivity index (χ2v) is 5.66. The third-order valence-electron chi connectivity index (χ3n) is 3.63. The topological polar surface area (TPSA) is 70.2 Å². The second-order valence-electron chi connectivity index (χ2n) is 5.66. The van der Waals surface area contributed by atoms with Crippen molar-refractivity contribution in [3.63, 3.8) is 0 Å². The predicted molar refractivity (Wildman–Crippen MR) is 83.4 cm³/mol. The van der Waals surface area contributed by atoms with Crippen molar-refractivity contribution in [2.75, 3.05) is 38.0 Å². The number of anilines is 1. The molecular weight excluding hydrogens is 266 g/mol. The Hall–Kier alpha value is -1.69. The van der Waals surface area contributed by atoms with E-state index < -0.39 is 0 Å². The van der Waals surface area contributed by atoms with Crippen molar-refractivity contribution < 1.29 is 4.79 Å². The largest absolute Gasteiger partial charge is 0.369 e. The van der Waals surface area contributed by atoms with Crippen LogP contribution in [0.3, 0.4) is 0 Å². The molecule has 1 amide bonds. The first-order valence-corrected chi connectivity index (χ1v) is 7.77. The number of likely N-dealkylation sites (tertiary alicyclic amines) is 1. The number of carbonyl (C=O) groups excluding carboxylic acids is 1. The van der Waals surface area contributed by atoms with Crippen LogP contribution >= 0.6 is 0 Å². The van der Waals surface area contributed by atoms with Crippen molar-refractivity contribution in [2.24, 2.45) is 5.92 Å². The quantitative estimate of drug-likeness (QED) is 0.794. The Morgan fingerprint density at radius 3 is 2.71 bits per heavy atom. The van der Waals surface area contributed by atoms with Crippen LogP contribution in [-0.4, -0.2) is 53.7 Å². The van der Waals surface area contributed by atoms with Crippen molar-refractivity contribution in [3.05, 3.63) is 17.8 Å². The summed E-state index contributed by atoms with van der Waals surface area (Å²) in [5.41, 5.74) is 0.366.